The second kappa shape index (κ2) is 7.56. The average Bonchev–Trinajstić information content (AvgIpc) is 3.13. The van der Waals surface area contributed by atoms with Gasteiger partial charge in [-0.2, -0.15) is 0 Å². The van der Waals surface area contributed by atoms with Gasteiger partial charge < -0.3 is 14.6 Å². The van der Waals surface area contributed by atoms with Crippen molar-refractivity contribution >= 4 is 28.5 Å². The number of nitrogens with one attached hydrogen (secondary N) is 1. The highest BCUT2D eigenvalue weighted by Crippen LogP contribution is 2.29. The van der Waals surface area contributed by atoms with Crippen molar-refractivity contribution in [3.05, 3.63) is 59.1 Å². The van der Waals surface area contributed by atoms with Crippen LogP contribution < -0.4 is 4.74 Å². The van der Waals surface area contributed by atoms with Gasteiger partial charge in [-0.05, 0) is 43.2 Å². The molecule has 0 bridgehead atoms. The van der Waals surface area contributed by atoms with Crippen molar-refractivity contribution in [3.63, 3.8) is 0 Å². The Morgan fingerprint density at radius 3 is 2.85 bits per heavy atom. The maximum absolute atomic E-state index is 13.2. The molecule has 2 aromatic heterocycles. The van der Waals surface area contributed by atoms with E-state index >= 15 is 0 Å². The van der Waals surface area contributed by atoms with Crippen LogP contribution in [0.1, 0.15) is 24.5 Å². The highest BCUT2D eigenvalue weighted by atomic mass is 35.5. The van der Waals surface area contributed by atoms with E-state index in [2.05, 4.69) is 16.0 Å². The Kier molecular flexibility index (Phi) is 4.99. The Balaban J connectivity index is 1.31. The van der Waals surface area contributed by atoms with E-state index in [4.69, 9.17) is 16.3 Å². The molecule has 0 spiro atoms. The van der Waals surface area contributed by atoms with E-state index in [1.54, 1.807) is 6.20 Å². The summed E-state index contributed by atoms with van der Waals surface area (Å²) >= 11 is 5.72. The minimum Gasteiger partial charge on any atom is -0.484 e. The first-order valence-corrected chi connectivity index (χ1v) is 9.27. The molecular formula is C20H19ClFN3O2. The first-order chi connectivity index (χ1) is 13.1. The Labute approximate surface area is 161 Å². The maximum atomic E-state index is 13.2. The number of ether oxygens (including phenoxy) is 1. The van der Waals surface area contributed by atoms with Crippen molar-refractivity contribution in [2.45, 2.75) is 18.8 Å². The molecule has 27 heavy (non-hydrogen) atoms. The number of piperidine rings is 1. The van der Waals surface area contributed by atoms with Crippen LogP contribution in [-0.4, -0.2) is 40.5 Å². The third-order valence-electron chi connectivity index (χ3n) is 4.95. The summed E-state index contributed by atoms with van der Waals surface area (Å²) in [5.74, 6) is 0.187. The summed E-state index contributed by atoms with van der Waals surface area (Å²) in [6.45, 7) is 1.28. The molecular weight excluding hydrogens is 369 g/mol. The minimum absolute atomic E-state index is 0.0198. The van der Waals surface area contributed by atoms with E-state index in [-0.39, 0.29) is 17.5 Å². The van der Waals surface area contributed by atoms with Crippen LogP contribution in [0.15, 0.2) is 42.6 Å². The smallest absolute Gasteiger partial charge is 0.260 e. The van der Waals surface area contributed by atoms with Crippen molar-refractivity contribution in [2.24, 2.45) is 0 Å². The molecule has 0 atom stereocenters. The zero-order chi connectivity index (χ0) is 18.8. The Morgan fingerprint density at radius 2 is 2.11 bits per heavy atom. The third-order valence-corrected chi connectivity index (χ3v) is 5.24. The number of H-pyrrole nitrogens is 1. The van der Waals surface area contributed by atoms with Gasteiger partial charge in [0.25, 0.3) is 5.91 Å². The highest BCUT2D eigenvalue weighted by Gasteiger charge is 2.25. The van der Waals surface area contributed by atoms with Crippen LogP contribution in [0.4, 0.5) is 4.39 Å². The standard InChI is InChI=1S/C20H19ClFN3O2/c21-15-10-14(3-4-16(15)22)27-12-20(26)25-8-5-13(6-9-25)18-11-19-17(24-18)2-1-7-23-19/h1-4,7,10-11,13,24H,5-6,8-9,12H2. The molecule has 3 heterocycles. The normalized spacial score (nSPS) is 15.3. The van der Waals surface area contributed by atoms with Crippen molar-refractivity contribution in [3.8, 4) is 5.75 Å². The predicted octanol–water partition coefficient (Wildman–Crippen LogP) is 4.14. The lowest BCUT2D eigenvalue weighted by Gasteiger charge is -2.31. The van der Waals surface area contributed by atoms with Crippen LogP contribution in [-0.2, 0) is 4.79 Å². The van der Waals surface area contributed by atoms with Gasteiger partial charge in [-0.1, -0.05) is 11.6 Å². The molecule has 1 aliphatic rings. The summed E-state index contributed by atoms with van der Waals surface area (Å²) in [5.41, 5.74) is 3.18. The number of carbonyl (C=O) groups is 1. The molecule has 140 valence electrons. The molecule has 1 N–H and O–H groups in total. The summed E-state index contributed by atoms with van der Waals surface area (Å²) in [7, 11) is 0. The number of aromatic nitrogens is 2. The van der Waals surface area contributed by atoms with Crippen LogP contribution >= 0.6 is 11.6 Å². The molecule has 1 saturated heterocycles. The van der Waals surface area contributed by atoms with E-state index in [1.165, 1.54) is 23.9 Å². The lowest BCUT2D eigenvalue weighted by atomic mass is 9.93. The number of rotatable bonds is 4. The predicted molar refractivity (Wildman–Crippen MR) is 102 cm³/mol. The Bertz CT molecular complexity index is 934. The second-order valence-corrected chi connectivity index (χ2v) is 7.09. The van der Waals surface area contributed by atoms with Crippen LogP contribution in [0.25, 0.3) is 11.0 Å². The molecule has 7 heteroatoms. The maximum Gasteiger partial charge on any atom is 0.260 e. The van der Waals surface area contributed by atoms with E-state index in [1.807, 2.05) is 17.0 Å². The monoisotopic (exact) mass is 387 g/mol. The molecule has 4 rings (SSSR count). The van der Waals surface area contributed by atoms with Crippen molar-refractivity contribution in [1.29, 1.82) is 0 Å². The van der Waals surface area contributed by atoms with Gasteiger partial charge >= 0.3 is 0 Å². The SMILES string of the molecule is O=C(COc1ccc(F)c(Cl)c1)N1CCC(c2cc3ncccc3[nH]2)CC1. The van der Waals surface area contributed by atoms with Gasteiger partial charge in [0.1, 0.15) is 11.6 Å². The fourth-order valence-corrected chi connectivity index (χ4v) is 3.61. The highest BCUT2D eigenvalue weighted by molar-refractivity contribution is 6.30. The number of likely N-dealkylation sites (tertiary alicyclic amines) is 1. The Morgan fingerprint density at radius 1 is 1.30 bits per heavy atom. The van der Waals surface area contributed by atoms with Gasteiger partial charge in [0.15, 0.2) is 6.61 Å². The van der Waals surface area contributed by atoms with Crippen LogP contribution in [0.5, 0.6) is 5.75 Å². The van der Waals surface area contributed by atoms with Gasteiger partial charge in [-0.15, -0.1) is 0 Å². The number of hydrogen-bond acceptors (Lipinski definition) is 3. The van der Waals surface area contributed by atoms with Gasteiger partial charge in [0, 0.05) is 37.0 Å². The summed E-state index contributed by atoms with van der Waals surface area (Å²) < 4.78 is 18.6. The molecule has 0 unspecified atom stereocenters. The number of fused-ring (bicyclic) bond motifs is 1. The fourth-order valence-electron chi connectivity index (χ4n) is 3.44. The number of halogens is 2. The molecule has 3 aromatic rings. The number of hydrogen-bond donors (Lipinski definition) is 1. The zero-order valence-electron chi connectivity index (χ0n) is 14.6. The van der Waals surface area contributed by atoms with Gasteiger partial charge in [0.05, 0.1) is 16.1 Å². The first kappa shape index (κ1) is 17.8. The van der Waals surface area contributed by atoms with Crippen molar-refractivity contribution in [2.75, 3.05) is 19.7 Å². The number of carbonyl (C=O) groups excluding carboxylic acids is 1. The van der Waals surface area contributed by atoms with Crippen LogP contribution in [0.2, 0.25) is 5.02 Å². The second-order valence-electron chi connectivity index (χ2n) is 6.68. The lowest BCUT2D eigenvalue weighted by molar-refractivity contribution is -0.134. The molecule has 1 aromatic carbocycles. The van der Waals surface area contributed by atoms with E-state index in [9.17, 15) is 9.18 Å². The largest absolute Gasteiger partial charge is 0.484 e. The van der Waals surface area contributed by atoms with E-state index in [0.717, 1.165) is 23.9 Å². The van der Waals surface area contributed by atoms with E-state index in [0.29, 0.717) is 24.8 Å². The van der Waals surface area contributed by atoms with Crippen molar-refractivity contribution in [1.82, 2.24) is 14.9 Å². The number of aromatic amines is 1. The Hall–Kier alpha value is -2.60. The fraction of sp³-hybridized carbons (Fsp3) is 0.300. The molecule has 0 saturated carbocycles. The number of pyridine rings is 1. The summed E-state index contributed by atoms with van der Waals surface area (Å²) in [6, 6.07) is 10.1. The number of amides is 1. The molecule has 1 aliphatic heterocycles. The number of benzene rings is 1. The van der Waals surface area contributed by atoms with Crippen LogP contribution in [0, 0.1) is 5.82 Å². The van der Waals surface area contributed by atoms with Gasteiger partial charge in [0.2, 0.25) is 0 Å². The van der Waals surface area contributed by atoms with Crippen molar-refractivity contribution < 1.29 is 13.9 Å². The van der Waals surface area contributed by atoms with Gasteiger partial charge in [-0.25, -0.2) is 4.39 Å². The van der Waals surface area contributed by atoms with E-state index < -0.39 is 5.82 Å². The average molecular weight is 388 g/mol. The molecule has 5 nitrogen and oxygen atoms in total. The topological polar surface area (TPSA) is 58.2 Å². The van der Waals surface area contributed by atoms with Crippen LogP contribution in [0.3, 0.4) is 0 Å². The molecule has 0 aliphatic carbocycles. The quantitative estimate of drug-likeness (QED) is 0.732. The molecule has 0 radical (unpaired) electrons. The molecule has 1 amide bonds. The summed E-state index contributed by atoms with van der Waals surface area (Å²) in [4.78, 5) is 22.0. The van der Waals surface area contributed by atoms with Gasteiger partial charge in [-0.3, -0.25) is 9.78 Å². The first-order valence-electron chi connectivity index (χ1n) is 8.89. The summed E-state index contributed by atoms with van der Waals surface area (Å²) in [6.07, 6.45) is 3.57. The summed E-state index contributed by atoms with van der Waals surface area (Å²) in [5, 5.41) is -0.0198. The lowest BCUT2D eigenvalue weighted by Crippen LogP contribution is -2.40. The number of nitrogens with zero attached hydrogens (tertiary/aromatic N) is 2. The zero-order valence-corrected chi connectivity index (χ0v) is 15.4. The minimum atomic E-state index is -0.510. The molecule has 1 fully saturated rings. The third kappa shape index (κ3) is 3.90.